The van der Waals surface area contributed by atoms with Gasteiger partial charge in [0.1, 0.15) is 6.61 Å². The van der Waals surface area contributed by atoms with Crippen molar-refractivity contribution in [2.45, 2.75) is 13.0 Å². The van der Waals surface area contributed by atoms with Gasteiger partial charge >= 0.3 is 0 Å². The largest absolute Gasteiger partial charge is 0.489 e. The number of benzene rings is 1. The summed E-state index contributed by atoms with van der Waals surface area (Å²) in [5.74, 6) is -0.312. The van der Waals surface area contributed by atoms with Crippen molar-refractivity contribution in [1.29, 1.82) is 0 Å². The molecule has 0 spiro atoms. The molecule has 2 aromatic rings. The number of ether oxygens (including phenoxy) is 1. The molecule has 1 aromatic heterocycles. The Morgan fingerprint density at radius 1 is 1.37 bits per heavy atom. The zero-order valence-corrected chi connectivity index (χ0v) is 12.1. The minimum Gasteiger partial charge on any atom is -0.489 e. The maximum atomic E-state index is 13.5. The van der Waals surface area contributed by atoms with Crippen LogP contribution in [0.4, 0.5) is 4.39 Å². The van der Waals surface area contributed by atoms with Crippen molar-refractivity contribution in [3.8, 4) is 5.75 Å². The van der Waals surface area contributed by atoms with Crippen molar-refractivity contribution in [1.82, 2.24) is 5.32 Å². The van der Waals surface area contributed by atoms with Gasteiger partial charge in [0.05, 0.1) is 5.02 Å². The first-order valence-corrected chi connectivity index (χ1v) is 7.28. The van der Waals surface area contributed by atoms with Crippen LogP contribution in [0.1, 0.15) is 17.8 Å². The molecule has 0 fully saturated rings. The number of hydrogen-bond donors (Lipinski definition) is 1. The van der Waals surface area contributed by atoms with Gasteiger partial charge in [0.25, 0.3) is 0 Å². The lowest BCUT2D eigenvalue weighted by Crippen LogP contribution is -2.23. The highest BCUT2D eigenvalue weighted by Crippen LogP contribution is 2.24. The van der Waals surface area contributed by atoms with E-state index in [9.17, 15) is 4.39 Å². The molecule has 1 unspecified atom stereocenters. The van der Waals surface area contributed by atoms with Crippen molar-refractivity contribution in [3.63, 3.8) is 0 Å². The first-order chi connectivity index (χ1) is 9.18. The number of rotatable bonds is 6. The maximum absolute atomic E-state index is 13.5. The molecule has 0 bridgehead atoms. The Balaban J connectivity index is 1.76. The highest BCUT2D eigenvalue weighted by Gasteiger charge is 2.08. The van der Waals surface area contributed by atoms with Crippen LogP contribution in [0.15, 0.2) is 35.7 Å². The molecular weight excluding hydrogens is 285 g/mol. The van der Waals surface area contributed by atoms with Crippen molar-refractivity contribution >= 4 is 22.9 Å². The molecule has 0 saturated heterocycles. The van der Waals surface area contributed by atoms with Gasteiger partial charge in [0.2, 0.25) is 0 Å². The van der Waals surface area contributed by atoms with Crippen LogP contribution in [0.3, 0.4) is 0 Å². The fraction of sp³-hybridized carbons (Fsp3) is 0.286. The van der Waals surface area contributed by atoms with Gasteiger partial charge in [-0.2, -0.15) is 0 Å². The second kappa shape index (κ2) is 6.89. The molecule has 1 atom stereocenters. The van der Waals surface area contributed by atoms with E-state index in [1.54, 1.807) is 23.5 Å². The molecule has 0 aliphatic rings. The summed E-state index contributed by atoms with van der Waals surface area (Å²) in [5, 5.41) is 5.45. The van der Waals surface area contributed by atoms with Crippen LogP contribution in [-0.4, -0.2) is 13.2 Å². The Morgan fingerprint density at radius 2 is 2.21 bits per heavy atom. The molecule has 0 aliphatic carbocycles. The van der Waals surface area contributed by atoms with Crippen molar-refractivity contribution < 1.29 is 9.13 Å². The summed E-state index contributed by atoms with van der Waals surface area (Å²) in [6, 6.07) is 9.12. The minimum atomic E-state index is -0.504. The molecule has 1 N–H and O–H groups in total. The Labute approximate surface area is 121 Å². The normalized spacial score (nSPS) is 12.4. The fourth-order valence-electron chi connectivity index (χ4n) is 1.67. The molecule has 0 saturated carbocycles. The number of thiophene rings is 1. The zero-order valence-electron chi connectivity index (χ0n) is 10.5. The Hall–Kier alpha value is -1.10. The second-order valence-electron chi connectivity index (χ2n) is 4.09. The predicted octanol–water partition coefficient (Wildman–Crippen LogP) is 4.27. The van der Waals surface area contributed by atoms with Gasteiger partial charge in [-0.25, -0.2) is 4.39 Å². The number of halogens is 2. The molecule has 2 nitrogen and oxygen atoms in total. The summed E-state index contributed by atoms with van der Waals surface area (Å²) in [5.41, 5.74) is 0. The summed E-state index contributed by atoms with van der Waals surface area (Å²) in [6.45, 7) is 3.13. The number of hydrogen-bond acceptors (Lipinski definition) is 3. The third kappa shape index (κ3) is 3.93. The van der Waals surface area contributed by atoms with E-state index in [0.717, 1.165) is 0 Å². The third-order valence-corrected chi connectivity index (χ3v) is 4.04. The second-order valence-corrected chi connectivity index (χ2v) is 5.48. The molecule has 1 heterocycles. The van der Waals surface area contributed by atoms with Crippen molar-refractivity contribution in [2.24, 2.45) is 0 Å². The van der Waals surface area contributed by atoms with Gasteiger partial charge in [-0.1, -0.05) is 23.7 Å². The van der Waals surface area contributed by atoms with E-state index in [0.29, 0.717) is 13.2 Å². The summed E-state index contributed by atoms with van der Waals surface area (Å²) in [4.78, 5) is 1.27. The van der Waals surface area contributed by atoms with Gasteiger partial charge in [-0.15, -0.1) is 11.3 Å². The smallest absolute Gasteiger partial charge is 0.183 e. The fourth-order valence-corrected chi connectivity index (χ4v) is 2.59. The molecule has 19 heavy (non-hydrogen) atoms. The highest BCUT2D eigenvalue weighted by molar-refractivity contribution is 7.10. The van der Waals surface area contributed by atoms with Gasteiger partial charge in [-0.05, 0) is 30.5 Å². The summed E-state index contributed by atoms with van der Waals surface area (Å²) in [7, 11) is 0. The molecule has 1 aromatic carbocycles. The van der Waals surface area contributed by atoms with Crippen LogP contribution in [0, 0.1) is 5.82 Å². The van der Waals surface area contributed by atoms with E-state index in [4.69, 9.17) is 16.3 Å². The van der Waals surface area contributed by atoms with Gasteiger partial charge in [-0.3, -0.25) is 0 Å². The van der Waals surface area contributed by atoms with E-state index in [-0.39, 0.29) is 16.8 Å². The molecule has 0 radical (unpaired) electrons. The summed E-state index contributed by atoms with van der Waals surface area (Å²) >= 11 is 7.38. The SMILES string of the molecule is CC(NCCOc1cccc(Cl)c1F)c1cccs1. The van der Waals surface area contributed by atoms with Crippen LogP contribution in [0.5, 0.6) is 5.75 Å². The first-order valence-electron chi connectivity index (χ1n) is 6.02. The number of nitrogens with one attached hydrogen (secondary N) is 1. The lowest BCUT2D eigenvalue weighted by Gasteiger charge is -2.13. The van der Waals surface area contributed by atoms with Crippen LogP contribution in [0.25, 0.3) is 0 Å². The average molecular weight is 300 g/mol. The standard InChI is InChI=1S/C14H15ClFNOS/c1-10(13-6-3-9-19-13)17-7-8-18-12-5-2-4-11(15)14(12)16/h2-6,9-10,17H,7-8H2,1H3. The minimum absolute atomic E-state index is 0.0809. The topological polar surface area (TPSA) is 21.3 Å². The molecule has 2 rings (SSSR count). The Morgan fingerprint density at radius 3 is 2.95 bits per heavy atom. The molecule has 5 heteroatoms. The highest BCUT2D eigenvalue weighted by atomic mass is 35.5. The quantitative estimate of drug-likeness (QED) is 0.804. The third-order valence-electron chi connectivity index (χ3n) is 2.70. The van der Waals surface area contributed by atoms with E-state index >= 15 is 0 Å². The van der Waals surface area contributed by atoms with E-state index in [1.807, 2.05) is 11.4 Å². The predicted molar refractivity (Wildman–Crippen MR) is 77.6 cm³/mol. The van der Waals surface area contributed by atoms with Crippen LogP contribution in [0.2, 0.25) is 5.02 Å². The van der Waals surface area contributed by atoms with Crippen molar-refractivity contribution in [3.05, 3.63) is 51.4 Å². The van der Waals surface area contributed by atoms with Gasteiger partial charge in [0, 0.05) is 17.5 Å². The van der Waals surface area contributed by atoms with E-state index < -0.39 is 5.82 Å². The molecule has 102 valence electrons. The summed E-state index contributed by atoms with van der Waals surface area (Å²) < 4.78 is 18.9. The van der Waals surface area contributed by atoms with Crippen LogP contribution >= 0.6 is 22.9 Å². The molecule has 0 aliphatic heterocycles. The van der Waals surface area contributed by atoms with Gasteiger partial charge in [0.15, 0.2) is 11.6 Å². The average Bonchev–Trinajstić information content (AvgIpc) is 2.93. The molecular formula is C14H15ClFNOS. The monoisotopic (exact) mass is 299 g/mol. The first kappa shape index (κ1) is 14.3. The van der Waals surface area contributed by atoms with Crippen LogP contribution < -0.4 is 10.1 Å². The maximum Gasteiger partial charge on any atom is 0.183 e. The lowest BCUT2D eigenvalue weighted by atomic mass is 10.3. The van der Waals surface area contributed by atoms with E-state index in [1.165, 1.54) is 10.9 Å². The summed E-state index contributed by atoms with van der Waals surface area (Å²) in [6.07, 6.45) is 0. The Kier molecular flexibility index (Phi) is 5.19. The van der Waals surface area contributed by atoms with Crippen molar-refractivity contribution in [2.75, 3.05) is 13.2 Å². The van der Waals surface area contributed by atoms with Crippen LogP contribution in [-0.2, 0) is 0 Å². The zero-order chi connectivity index (χ0) is 13.7. The van der Waals surface area contributed by atoms with Gasteiger partial charge < -0.3 is 10.1 Å². The lowest BCUT2D eigenvalue weighted by molar-refractivity contribution is 0.294. The van der Waals surface area contributed by atoms with E-state index in [2.05, 4.69) is 18.3 Å². The molecule has 0 amide bonds. The Bertz CT molecular complexity index is 518.